The number of nitrogens with one attached hydrogen (secondary N) is 2. The number of carbonyl (C=O) groups is 2. The number of amides is 2. The fraction of sp³-hybridized carbons (Fsp3) is 0.412. The third-order valence-corrected chi connectivity index (χ3v) is 4.40. The van der Waals surface area contributed by atoms with Gasteiger partial charge in [-0.1, -0.05) is 24.7 Å². The summed E-state index contributed by atoms with van der Waals surface area (Å²) < 4.78 is 26.3. The molecule has 0 bridgehead atoms. The van der Waals surface area contributed by atoms with Crippen LogP contribution in [0, 0.1) is 11.6 Å². The van der Waals surface area contributed by atoms with Crippen molar-refractivity contribution < 1.29 is 18.4 Å². The van der Waals surface area contributed by atoms with Crippen molar-refractivity contribution >= 4 is 28.3 Å². The lowest BCUT2D eigenvalue weighted by molar-refractivity contribution is -0.116. The Labute approximate surface area is 154 Å². The minimum atomic E-state index is -0.921. The Bertz CT molecular complexity index is 767. The van der Waals surface area contributed by atoms with E-state index in [1.165, 1.54) is 11.3 Å². The van der Waals surface area contributed by atoms with Crippen LogP contribution in [0.3, 0.4) is 0 Å². The maximum absolute atomic E-state index is 13.5. The first-order chi connectivity index (χ1) is 12.5. The van der Waals surface area contributed by atoms with Crippen LogP contribution in [0.4, 0.5) is 13.9 Å². The van der Waals surface area contributed by atoms with Gasteiger partial charge < -0.3 is 10.6 Å². The molecule has 0 radical (unpaired) electrons. The molecular formula is C17H20F2N4O2S. The molecule has 0 saturated carbocycles. The Morgan fingerprint density at radius 2 is 2.00 bits per heavy atom. The molecular weight excluding hydrogens is 362 g/mol. The fourth-order valence-corrected chi connectivity index (χ4v) is 2.93. The average molecular weight is 382 g/mol. The number of carbonyl (C=O) groups excluding carboxylic acids is 2. The van der Waals surface area contributed by atoms with E-state index in [9.17, 15) is 18.4 Å². The second-order valence-corrected chi connectivity index (χ2v) is 6.70. The van der Waals surface area contributed by atoms with E-state index in [1.807, 2.05) is 0 Å². The molecule has 1 heterocycles. The molecule has 0 saturated heterocycles. The molecule has 2 amide bonds. The van der Waals surface area contributed by atoms with Crippen LogP contribution in [-0.2, 0) is 11.2 Å². The zero-order chi connectivity index (χ0) is 18.9. The van der Waals surface area contributed by atoms with E-state index in [0.29, 0.717) is 17.6 Å². The summed E-state index contributed by atoms with van der Waals surface area (Å²) in [7, 11) is 0. The highest BCUT2D eigenvalue weighted by Crippen LogP contribution is 2.17. The lowest BCUT2D eigenvalue weighted by Crippen LogP contribution is -2.26. The number of anilines is 1. The van der Waals surface area contributed by atoms with E-state index in [-0.39, 0.29) is 24.4 Å². The van der Waals surface area contributed by atoms with Crippen LogP contribution in [0.1, 0.15) is 48.0 Å². The first-order valence-electron chi connectivity index (χ1n) is 8.35. The molecule has 2 rings (SSSR count). The molecule has 6 nitrogen and oxygen atoms in total. The van der Waals surface area contributed by atoms with Crippen molar-refractivity contribution in [2.45, 2.75) is 39.0 Å². The minimum absolute atomic E-state index is 0.177. The Hall–Kier alpha value is -2.42. The number of nitrogens with zero attached hydrogens (tertiary/aromatic N) is 2. The first-order valence-corrected chi connectivity index (χ1v) is 9.16. The average Bonchev–Trinajstić information content (AvgIpc) is 3.04. The highest BCUT2D eigenvalue weighted by molar-refractivity contribution is 7.15. The molecule has 26 heavy (non-hydrogen) atoms. The van der Waals surface area contributed by atoms with Gasteiger partial charge in [-0.2, -0.15) is 0 Å². The summed E-state index contributed by atoms with van der Waals surface area (Å²) in [6, 6.07) is 2.75. The lowest BCUT2D eigenvalue weighted by Gasteiger charge is -2.06. The molecule has 0 atom stereocenters. The molecule has 0 fully saturated rings. The minimum Gasteiger partial charge on any atom is -0.352 e. The molecule has 0 aliphatic heterocycles. The summed E-state index contributed by atoms with van der Waals surface area (Å²) >= 11 is 1.35. The molecule has 140 valence electrons. The smallest absolute Gasteiger partial charge is 0.254 e. The lowest BCUT2D eigenvalue weighted by atomic mass is 10.2. The summed E-state index contributed by atoms with van der Waals surface area (Å²) in [4.78, 5) is 23.7. The van der Waals surface area contributed by atoms with Crippen LogP contribution in [0.15, 0.2) is 18.2 Å². The number of aromatic nitrogens is 2. The second kappa shape index (κ2) is 9.91. The van der Waals surface area contributed by atoms with Gasteiger partial charge in [0.15, 0.2) is 0 Å². The maximum Gasteiger partial charge on any atom is 0.254 e. The highest BCUT2D eigenvalue weighted by atomic mass is 32.1. The Balaban J connectivity index is 1.69. The zero-order valence-corrected chi connectivity index (χ0v) is 15.2. The quantitative estimate of drug-likeness (QED) is 0.652. The van der Waals surface area contributed by atoms with Gasteiger partial charge in [0.2, 0.25) is 11.0 Å². The van der Waals surface area contributed by atoms with Gasteiger partial charge in [-0.3, -0.25) is 9.59 Å². The molecule has 2 aromatic rings. The van der Waals surface area contributed by atoms with Gasteiger partial charge in [-0.15, -0.1) is 10.2 Å². The molecule has 0 unspecified atom stereocenters. The highest BCUT2D eigenvalue weighted by Gasteiger charge is 2.12. The van der Waals surface area contributed by atoms with E-state index < -0.39 is 17.5 Å². The Morgan fingerprint density at radius 3 is 2.73 bits per heavy atom. The number of unbranched alkanes of at least 4 members (excludes halogenated alkanes) is 1. The summed E-state index contributed by atoms with van der Waals surface area (Å²) in [5.41, 5.74) is -0.232. The fourth-order valence-electron chi connectivity index (χ4n) is 2.13. The van der Waals surface area contributed by atoms with Gasteiger partial charge in [0, 0.05) is 25.5 Å². The van der Waals surface area contributed by atoms with Crippen molar-refractivity contribution in [1.82, 2.24) is 15.5 Å². The van der Waals surface area contributed by atoms with Crippen molar-refractivity contribution in [2.24, 2.45) is 0 Å². The van der Waals surface area contributed by atoms with E-state index in [1.54, 1.807) is 0 Å². The van der Waals surface area contributed by atoms with Crippen LogP contribution in [0.25, 0.3) is 0 Å². The topological polar surface area (TPSA) is 84.0 Å². The molecule has 0 aliphatic rings. The molecule has 2 N–H and O–H groups in total. The van der Waals surface area contributed by atoms with Crippen molar-refractivity contribution in [3.63, 3.8) is 0 Å². The maximum atomic E-state index is 13.5. The van der Waals surface area contributed by atoms with Crippen molar-refractivity contribution in [3.05, 3.63) is 40.4 Å². The summed E-state index contributed by atoms with van der Waals surface area (Å²) in [6.45, 7) is 2.29. The summed E-state index contributed by atoms with van der Waals surface area (Å²) in [6.07, 6.45) is 3.49. The predicted octanol–water partition coefficient (Wildman–Crippen LogP) is 3.31. The molecule has 9 heteroatoms. The van der Waals surface area contributed by atoms with Crippen molar-refractivity contribution in [3.8, 4) is 0 Å². The van der Waals surface area contributed by atoms with Crippen molar-refractivity contribution in [1.29, 1.82) is 0 Å². The van der Waals surface area contributed by atoms with Crippen LogP contribution >= 0.6 is 11.3 Å². The van der Waals surface area contributed by atoms with Crippen molar-refractivity contribution in [2.75, 3.05) is 11.9 Å². The SMILES string of the molecule is CCCCc1nnc(NC(=O)CCCNC(=O)c2ccc(F)cc2F)s1. The number of halogens is 2. The first kappa shape index (κ1) is 19.9. The number of rotatable bonds is 9. The van der Waals surface area contributed by atoms with Gasteiger partial charge in [0.1, 0.15) is 16.6 Å². The molecule has 0 aliphatic carbocycles. The van der Waals surface area contributed by atoms with E-state index in [4.69, 9.17) is 0 Å². The Morgan fingerprint density at radius 1 is 1.19 bits per heavy atom. The van der Waals surface area contributed by atoms with Gasteiger partial charge in [0.25, 0.3) is 5.91 Å². The van der Waals surface area contributed by atoms with E-state index >= 15 is 0 Å². The summed E-state index contributed by atoms with van der Waals surface area (Å²) in [5.74, 6) is -2.54. The second-order valence-electron chi connectivity index (χ2n) is 5.64. The van der Waals surface area contributed by atoms with Gasteiger partial charge in [-0.05, 0) is 25.0 Å². The van der Waals surface area contributed by atoms with Gasteiger partial charge >= 0.3 is 0 Å². The monoisotopic (exact) mass is 382 g/mol. The van der Waals surface area contributed by atoms with E-state index in [2.05, 4.69) is 27.8 Å². The van der Waals surface area contributed by atoms with Crippen LogP contribution in [0.2, 0.25) is 0 Å². The van der Waals surface area contributed by atoms with Gasteiger partial charge in [-0.25, -0.2) is 8.78 Å². The zero-order valence-electron chi connectivity index (χ0n) is 14.3. The largest absolute Gasteiger partial charge is 0.352 e. The molecule has 0 spiro atoms. The van der Waals surface area contributed by atoms with Crippen LogP contribution in [0.5, 0.6) is 0 Å². The molecule has 1 aromatic heterocycles. The standard InChI is InChI=1S/C17H20F2N4O2S/c1-2-3-6-15-22-23-17(26-15)21-14(24)5-4-9-20-16(25)12-8-7-11(18)10-13(12)19/h7-8,10H,2-6,9H2,1H3,(H,20,25)(H,21,23,24). The van der Waals surface area contributed by atoms with Gasteiger partial charge in [0.05, 0.1) is 5.56 Å². The predicted molar refractivity (Wildman–Crippen MR) is 95.1 cm³/mol. The third-order valence-electron chi connectivity index (χ3n) is 3.50. The van der Waals surface area contributed by atoms with Crippen LogP contribution in [-0.4, -0.2) is 28.6 Å². The number of hydrogen-bond donors (Lipinski definition) is 2. The van der Waals surface area contributed by atoms with Crippen LogP contribution < -0.4 is 10.6 Å². The third kappa shape index (κ3) is 6.14. The number of hydrogen-bond acceptors (Lipinski definition) is 5. The number of benzene rings is 1. The van der Waals surface area contributed by atoms with E-state index in [0.717, 1.165) is 36.4 Å². The Kier molecular flexibility index (Phi) is 7.58. The summed E-state index contributed by atoms with van der Waals surface area (Å²) in [5, 5.41) is 14.4. The molecule has 1 aromatic carbocycles. The number of aryl methyl sites for hydroxylation is 1. The normalized spacial score (nSPS) is 10.6.